The molecule has 0 amide bonds. The molecule has 0 radical (unpaired) electrons. The van der Waals surface area contributed by atoms with Crippen LogP contribution in [-0.2, 0) is 0 Å². The SMILES string of the molecule is C=C/C=C\C=C/CN1CC2CCCC2C1. The highest BCUT2D eigenvalue weighted by molar-refractivity contribution is 5.09. The fraction of sp³-hybridized carbons (Fsp3) is 0.571. The first-order valence-electron chi connectivity index (χ1n) is 6.06. The summed E-state index contributed by atoms with van der Waals surface area (Å²) in [7, 11) is 0. The molecule has 2 fully saturated rings. The van der Waals surface area contributed by atoms with Crippen LogP contribution in [0.5, 0.6) is 0 Å². The minimum Gasteiger partial charge on any atom is -0.299 e. The summed E-state index contributed by atoms with van der Waals surface area (Å²) in [6, 6.07) is 0. The molecule has 1 heteroatoms. The molecule has 82 valence electrons. The molecule has 0 aromatic carbocycles. The number of allylic oxidation sites excluding steroid dienone is 4. The molecular weight excluding hydrogens is 182 g/mol. The average Bonchev–Trinajstić information content (AvgIpc) is 2.77. The van der Waals surface area contributed by atoms with E-state index in [2.05, 4.69) is 23.6 Å². The van der Waals surface area contributed by atoms with Gasteiger partial charge in [0.15, 0.2) is 0 Å². The zero-order valence-electron chi connectivity index (χ0n) is 9.44. The second-order valence-electron chi connectivity index (χ2n) is 4.72. The van der Waals surface area contributed by atoms with Gasteiger partial charge in [0, 0.05) is 19.6 Å². The lowest BCUT2D eigenvalue weighted by molar-refractivity contribution is 0.344. The Hall–Kier alpha value is -0.820. The van der Waals surface area contributed by atoms with Crippen LogP contribution >= 0.6 is 0 Å². The Bertz CT molecular complexity index is 253. The number of likely N-dealkylation sites (tertiary alicyclic amines) is 1. The minimum atomic E-state index is 1.02. The predicted octanol–water partition coefficient (Wildman–Crippen LogP) is 3.02. The summed E-state index contributed by atoms with van der Waals surface area (Å²) in [6.07, 6.45) is 14.6. The maximum Gasteiger partial charge on any atom is 0.0166 e. The first-order valence-corrected chi connectivity index (χ1v) is 6.06. The monoisotopic (exact) mass is 203 g/mol. The van der Waals surface area contributed by atoms with Gasteiger partial charge in [0.2, 0.25) is 0 Å². The molecule has 1 aliphatic heterocycles. The fourth-order valence-electron chi connectivity index (χ4n) is 2.91. The second kappa shape index (κ2) is 5.32. The topological polar surface area (TPSA) is 3.24 Å². The maximum atomic E-state index is 3.64. The van der Waals surface area contributed by atoms with Crippen molar-refractivity contribution in [1.29, 1.82) is 0 Å². The number of rotatable bonds is 4. The predicted molar refractivity (Wildman–Crippen MR) is 65.7 cm³/mol. The largest absolute Gasteiger partial charge is 0.299 e. The summed E-state index contributed by atoms with van der Waals surface area (Å²) in [6.45, 7) is 7.43. The summed E-state index contributed by atoms with van der Waals surface area (Å²) < 4.78 is 0. The van der Waals surface area contributed by atoms with Gasteiger partial charge in [0.1, 0.15) is 0 Å². The first-order chi connectivity index (χ1) is 7.40. The van der Waals surface area contributed by atoms with Crippen LogP contribution in [0.15, 0.2) is 37.0 Å². The Balaban J connectivity index is 1.71. The lowest BCUT2D eigenvalue weighted by atomic mass is 10.0. The molecule has 0 spiro atoms. The molecule has 0 bridgehead atoms. The quantitative estimate of drug-likeness (QED) is 0.635. The molecule has 1 aliphatic carbocycles. The highest BCUT2D eigenvalue weighted by Crippen LogP contribution is 2.37. The molecule has 1 saturated carbocycles. The highest BCUT2D eigenvalue weighted by atomic mass is 15.1. The van der Waals surface area contributed by atoms with Crippen molar-refractivity contribution in [2.24, 2.45) is 11.8 Å². The lowest BCUT2D eigenvalue weighted by Gasteiger charge is -2.13. The summed E-state index contributed by atoms with van der Waals surface area (Å²) >= 11 is 0. The zero-order valence-corrected chi connectivity index (χ0v) is 9.44. The van der Waals surface area contributed by atoms with Crippen LogP contribution in [0.3, 0.4) is 0 Å². The van der Waals surface area contributed by atoms with Crippen LogP contribution in [0.25, 0.3) is 0 Å². The number of nitrogens with zero attached hydrogens (tertiary/aromatic N) is 1. The normalized spacial score (nSPS) is 31.7. The van der Waals surface area contributed by atoms with E-state index in [1.54, 1.807) is 0 Å². The first kappa shape index (κ1) is 10.7. The molecule has 0 aromatic rings. The van der Waals surface area contributed by atoms with E-state index in [0.29, 0.717) is 0 Å². The van der Waals surface area contributed by atoms with Crippen molar-refractivity contribution in [1.82, 2.24) is 4.90 Å². The van der Waals surface area contributed by atoms with E-state index in [0.717, 1.165) is 18.4 Å². The molecule has 2 unspecified atom stereocenters. The number of hydrogen-bond acceptors (Lipinski definition) is 1. The maximum absolute atomic E-state index is 3.64. The van der Waals surface area contributed by atoms with Crippen LogP contribution < -0.4 is 0 Å². The third-order valence-corrected chi connectivity index (χ3v) is 3.66. The van der Waals surface area contributed by atoms with Gasteiger partial charge in [0.05, 0.1) is 0 Å². The van der Waals surface area contributed by atoms with E-state index in [4.69, 9.17) is 0 Å². The van der Waals surface area contributed by atoms with Crippen molar-refractivity contribution < 1.29 is 0 Å². The summed E-state index contributed by atoms with van der Waals surface area (Å²) in [5, 5.41) is 0. The Morgan fingerprint density at radius 3 is 2.47 bits per heavy atom. The standard InChI is InChI=1S/C14H21N/c1-2-3-4-5-6-10-15-11-13-8-7-9-14(13)12-15/h2-6,13-14H,1,7-12H2/b4-3-,6-5-. The molecule has 0 N–H and O–H groups in total. The van der Waals surface area contributed by atoms with Crippen LogP contribution in [0, 0.1) is 11.8 Å². The molecule has 0 aromatic heterocycles. The molecular formula is C14H21N. The van der Waals surface area contributed by atoms with Crippen molar-refractivity contribution in [3.8, 4) is 0 Å². The Kier molecular flexibility index (Phi) is 3.79. The molecule has 2 atom stereocenters. The average molecular weight is 203 g/mol. The van der Waals surface area contributed by atoms with Gasteiger partial charge in [-0.2, -0.15) is 0 Å². The summed E-state index contributed by atoms with van der Waals surface area (Å²) in [4.78, 5) is 2.59. The molecule has 1 nitrogen and oxygen atoms in total. The van der Waals surface area contributed by atoms with E-state index in [1.165, 1.54) is 32.4 Å². The van der Waals surface area contributed by atoms with Crippen molar-refractivity contribution in [2.45, 2.75) is 19.3 Å². The Morgan fingerprint density at radius 2 is 1.80 bits per heavy atom. The second-order valence-corrected chi connectivity index (χ2v) is 4.72. The van der Waals surface area contributed by atoms with E-state index in [1.807, 2.05) is 18.2 Å². The highest BCUT2D eigenvalue weighted by Gasteiger charge is 2.35. The third kappa shape index (κ3) is 2.82. The zero-order chi connectivity index (χ0) is 10.5. The Labute approximate surface area is 93.2 Å². The van der Waals surface area contributed by atoms with Crippen molar-refractivity contribution in [2.75, 3.05) is 19.6 Å². The van der Waals surface area contributed by atoms with Crippen LogP contribution in [0.1, 0.15) is 19.3 Å². The van der Waals surface area contributed by atoms with Gasteiger partial charge in [-0.05, 0) is 24.7 Å². The van der Waals surface area contributed by atoms with Gasteiger partial charge in [-0.1, -0.05) is 43.4 Å². The summed E-state index contributed by atoms with van der Waals surface area (Å²) in [5.74, 6) is 2.03. The summed E-state index contributed by atoms with van der Waals surface area (Å²) in [5.41, 5.74) is 0. The van der Waals surface area contributed by atoms with Gasteiger partial charge in [0.25, 0.3) is 0 Å². The molecule has 2 rings (SSSR count). The minimum absolute atomic E-state index is 1.02. The number of hydrogen-bond donors (Lipinski definition) is 0. The van der Waals surface area contributed by atoms with Gasteiger partial charge in [-0.15, -0.1) is 0 Å². The van der Waals surface area contributed by atoms with Gasteiger partial charge < -0.3 is 0 Å². The third-order valence-electron chi connectivity index (χ3n) is 3.66. The van der Waals surface area contributed by atoms with E-state index >= 15 is 0 Å². The van der Waals surface area contributed by atoms with Crippen molar-refractivity contribution >= 4 is 0 Å². The van der Waals surface area contributed by atoms with Gasteiger partial charge >= 0.3 is 0 Å². The number of fused-ring (bicyclic) bond motifs is 1. The molecule has 1 heterocycles. The molecule has 15 heavy (non-hydrogen) atoms. The van der Waals surface area contributed by atoms with Crippen LogP contribution in [-0.4, -0.2) is 24.5 Å². The Morgan fingerprint density at radius 1 is 1.07 bits per heavy atom. The van der Waals surface area contributed by atoms with E-state index in [-0.39, 0.29) is 0 Å². The van der Waals surface area contributed by atoms with Crippen LogP contribution in [0.2, 0.25) is 0 Å². The molecule has 1 saturated heterocycles. The molecule has 2 aliphatic rings. The van der Waals surface area contributed by atoms with Crippen LogP contribution in [0.4, 0.5) is 0 Å². The fourth-order valence-corrected chi connectivity index (χ4v) is 2.91. The van der Waals surface area contributed by atoms with Crippen molar-refractivity contribution in [3.05, 3.63) is 37.0 Å². The van der Waals surface area contributed by atoms with E-state index in [9.17, 15) is 0 Å². The van der Waals surface area contributed by atoms with Gasteiger partial charge in [-0.25, -0.2) is 0 Å². The van der Waals surface area contributed by atoms with Crippen molar-refractivity contribution in [3.63, 3.8) is 0 Å². The smallest absolute Gasteiger partial charge is 0.0166 e. The van der Waals surface area contributed by atoms with Gasteiger partial charge in [-0.3, -0.25) is 4.90 Å². The lowest BCUT2D eigenvalue weighted by Crippen LogP contribution is -2.21. The van der Waals surface area contributed by atoms with E-state index < -0.39 is 0 Å².